The predicted molar refractivity (Wildman–Crippen MR) is 80.6 cm³/mol. The lowest BCUT2D eigenvalue weighted by Gasteiger charge is -2.14. The largest absolute Gasteiger partial charge is 0.481 e. The summed E-state index contributed by atoms with van der Waals surface area (Å²) in [5.74, 6) is 0.144. The zero-order valence-electron chi connectivity index (χ0n) is 12.2. The van der Waals surface area contributed by atoms with E-state index in [-0.39, 0.29) is 12.5 Å². The molecule has 0 aliphatic heterocycles. The fourth-order valence-corrected chi connectivity index (χ4v) is 1.71. The van der Waals surface area contributed by atoms with E-state index < -0.39 is 6.10 Å². The van der Waals surface area contributed by atoms with Crippen LogP contribution >= 0.6 is 0 Å². The molecule has 1 amide bonds. The molecule has 0 saturated heterocycles. The monoisotopic (exact) mass is 296 g/mol. The van der Waals surface area contributed by atoms with Crippen molar-refractivity contribution in [3.05, 3.63) is 65.7 Å². The maximum absolute atomic E-state index is 11.8. The first-order chi connectivity index (χ1) is 10.7. The molecular formula is C17H16N2O3. The van der Waals surface area contributed by atoms with Gasteiger partial charge in [0.05, 0.1) is 18.2 Å². The number of carbonyl (C=O) groups is 1. The van der Waals surface area contributed by atoms with E-state index in [1.54, 1.807) is 31.2 Å². The van der Waals surface area contributed by atoms with Gasteiger partial charge in [-0.1, -0.05) is 30.3 Å². The Morgan fingerprint density at radius 2 is 1.86 bits per heavy atom. The Kier molecular flexibility index (Phi) is 5.52. The predicted octanol–water partition coefficient (Wildman–Crippen LogP) is 2.57. The number of nitriles is 1. The van der Waals surface area contributed by atoms with Crippen molar-refractivity contribution in [1.82, 2.24) is 5.48 Å². The van der Waals surface area contributed by atoms with Gasteiger partial charge in [-0.25, -0.2) is 5.48 Å². The molecule has 1 atom stereocenters. The minimum Gasteiger partial charge on any atom is -0.481 e. The van der Waals surface area contributed by atoms with Crippen LogP contribution in [0, 0.1) is 11.3 Å². The van der Waals surface area contributed by atoms with E-state index in [9.17, 15) is 4.79 Å². The topological polar surface area (TPSA) is 71.3 Å². The number of hydrogen-bond donors (Lipinski definition) is 1. The van der Waals surface area contributed by atoms with Gasteiger partial charge in [0.25, 0.3) is 5.91 Å². The molecule has 0 saturated carbocycles. The minimum atomic E-state index is -0.705. The van der Waals surface area contributed by atoms with Crippen LogP contribution in [0.25, 0.3) is 0 Å². The van der Waals surface area contributed by atoms with Gasteiger partial charge in [0.1, 0.15) is 5.75 Å². The van der Waals surface area contributed by atoms with E-state index in [1.807, 2.05) is 36.4 Å². The van der Waals surface area contributed by atoms with Crippen molar-refractivity contribution in [1.29, 1.82) is 5.26 Å². The summed E-state index contributed by atoms with van der Waals surface area (Å²) in [6.07, 6.45) is -0.705. The Hall–Kier alpha value is -2.84. The van der Waals surface area contributed by atoms with Crippen molar-refractivity contribution >= 4 is 5.91 Å². The van der Waals surface area contributed by atoms with Crippen LogP contribution in [0.1, 0.15) is 18.1 Å². The summed E-state index contributed by atoms with van der Waals surface area (Å²) in [5.41, 5.74) is 3.86. The molecule has 0 bridgehead atoms. The highest BCUT2D eigenvalue weighted by molar-refractivity contribution is 5.79. The fraction of sp³-hybridized carbons (Fsp3) is 0.176. The Labute approximate surface area is 129 Å². The Balaban J connectivity index is 1.78. The minimum absolute atomic E-state index is 0.288. The van der Waals surface area contributed by atoms with Crippen LogP contribution in [0.2, 0.25) is 0 Å². The lowest BCUT2D eigenvalue weighted by Crippen LogP contribution is -2.36. The van der Waals surface area contributed by atoms with E-state index in [0.717, 1.165) is 5.56 Å². The average Bonchev–Trinajstić information content (AvgIpc) is 2.56. The van der Waals surface area contributed by atoms with Crippen molar-refractivity contribution < 1.29 is 14.4 Å². The van der Waals surface area contributed by atoms with Crippen molar-refractivity contribution in [3.63, 3.8) is 0 Å². The van der Waals surface area contributed by atoms with Crippen LogP contribution in [0.4, 0.5) is 0 Å². The number of benzene rings is 2. The first-order valence-electron chi connectivity index (χ1n) is 6.81. The summed E-state index contributed by atoms with van der Waals surface area (Å²) in [6.45, 7) is 1.91. The van der Waals surface area contributed by atoms with Crippen LogP contribution in [0.15, 0.2) is 54.6 Å². The molecule has 5 heteroatoms. The number of amides is 1. The Morgan fingerprint density at radius 3 is 2.50 bits per heavy atom. The molecule has 0 aromatic heterocycles. The number of hydroxylamine groups is 1. The first kappa shape index (κ1) is 15.5. The smallest absolute Gasteiger partial charge is 0.284 e. The maximum Gasteiger partial charge on any atom is 0.284 e. The van der Waals surface area contributed by atoms with E-state index in [2.05, 4.69) is 5.48 Å². The molecule has 0 spiro atoms. The molecular weight excluding hydrogens is 280 g/mol. The van der Waals surface area contributed by atoms with Crippen LogP contribution in [0.5, 0.6) is 5.75 Å². The molecule has 0 radical (unpaired) electrons. The molecule has 112 valence electrons. The van der Waals surface area contributed by atoms with Gasteiger partial charge in [0.15, 0.2) is 6.10 Å². The zero-order valence-corrected chi connectivity index (χ0v) is 12.2. The molecule has 22 heavy (non-hydrogen) atoms. The van der Waals surface area contributed by atoms with Gasteiger partial charge in [-0.15, -0.1) is 0 Å². The Morgan fingerprint density at radius 1 is 1.18 bits per heavy atom. The second-order valence-corrected chi connectivity index (χ2v) is 4.64. The number of ether oxygens (including phenoxy) is 1. The number of rotatable bonds is 6. The molecule has 0 aliphatic rings. The lowest BCUT2D eigenvalue weighted by atomic mass is 10.2. The van der Waals surface area contributed by atoms with E-state index in [0.29, 0.717) is 11.3 Å². The van der Waals surface area contributed by atoms with E-state index in [1.165, 1.54) is 0 Å². The quantitative estimate of drug-likeness (QED) is 0.832. The summed E-state index contributed by atoms with van der Waals surface area (Å²) in [7, 11) is 0. The number of carbonyl (C=O) groups excluding carboxylic acids is 1. The van der Waals surface area contributed by atoms with Gasteiger partial charge in [-0.2, -0.15) is 5.26 Å². The van der Waals surface area contributed by atoms with Crippen LogP contribution in [-0.4, -0.2) is 12.0 Å². The molecule has 2 rings (SSSR count). The normalized spacial score (nSPS) is 11.3. The standard InChI is InChI=1S/C17H16N2O3/c1-13(22-16-9-7-14(11-18)8-10-16)17(20)19-21-12-15-5-3-2-4-6-15/h2-10,13H,12H2,1H3,(H,19,20)/t13-/m1/s1. The highest BCUT2D eigenvalue weighted by Crippen LogP contribution is 2.13. The number of nitrogens with zero attached hydrogens (tertiary/aromatic N) is 1. The van der Waals surface area contributed by atoms with Gasteiger partial charge in [-0.05, 0) is 36.8 Å². The Bertz CT molecular complexity index is 648. The second-order valence-electron chi connectivity index (χ2n) is 4.64. The lowest BCUT2D eigenvalue weighted by molar-refractivity contribution is -0.141. The zero-order chi connectivity index (χ0) is 15.8. The number of nitrogens with one attached hydrogen (secondary N) is 1. The van der Waals surface area contributed by atoms with Crippen LogP contribution < -0.4 is 10.2 Å². The third kappa shape index (κ3) is 4.62. The van der Waals surface area contributed by atoms with Gasteiger partial charge in [0.2, 0.25) is 0 Å². The summed E-state index contributed by atoms with van der Waals surface area (Å²) in [5, 5.41) is 8.72. The van der Waals surface area contributed by atoms with Crippen LogP contribution in [-0.2, 0) is 16.2 Å². The average molecular weight is 296 g/mol. The van der Waals surface area contributed by atoms with Gasteiger partial charge in [-0.3, -0.25) is 9.63 Å². The molecule has 2 aromatic rings. The van der Waals surface area contributed by atoms with E-state index in [4.69, 9.17) is 14.8 Å². The third-order valence-electron chi connectivity index (χ3n) is 2.92. The third-order valence-corrected chi connectivity index (χ3v) is 2.92. The summed E-state index contributed by atoms with van der Waals surface area (Å²) in [6, 6.07) is 18.1. The van der Waals surface area contributed by atoms with Gasteiger partial charge < -0.3 is 4.74 Å². The summed E-state index contributed by atoms with van der Waals surface area (Å²) in [4.78, 5) is 17.0. The van der Waals surface area contributed by atoms with Crippen LogP contribution in [0.3, 0.4) is 0 Å². The molecule has 1 N–H and O–H groups in total. The summed E-state index contributed by atoms with van der Waals surface area (Å²) >= 11 is 0. The van der Waals surface area contributed by atoms with Crippen molar-refractivity contribution in [3.8, 4) is 11.8 Å². The van der Waals surface area contributed by atoms with Crippen molar-refractivity contribution in [2.45, 2.75) is 19.6 Å². The van der Waals surface area contributed by atoms with Crippen molar-refractivity contribution in [2.24, 2.45) is 0 Å². The fourth-order valence-electron chi connectivity index (χ4n) is 1.71. The highest BCUT2D eigenvalue weighted by atomic mass is 16.7. The molecule has 0 fully saturated rings. The first-order valence-corrected chi connectivity index (χ1v) is 6.81. The van der Waals surface area contributed by atoms with Crippen molar-refractivity contribution in [2.75, 3.05) is 0 Å². The molecule has 0 aliphatic carbocycles. The highest BCUT2D eigenvalue weighted by Gasteiger charge is 2.14. The van der Waals surface area contributed by atoms with E-state index >= 15 is 0 Å². The molecule has 0 unspecified atom stereocenters. The van der Waals surface area contributed by atoms with Gasteiger partial charge in [0, 0.05) is 0 Å². The molecule has 2 aromatic carbocycles. The second kappa shape index (κ2) is 7.81. The molecule has 0 heterocycles. The molecule has 5 nitrogen and oxygen atoms in total. The SMILES string of the molecule is C[C@@H](Oc1ccc(C#N)cc1)C(=O)NOCc1ccccc1. The maximum atomic E-state index is 11.8. The summed E-state index contributed by atoms with van der Waals surface area (Å²) < 4.78 is 5.48. The number of hydrogen-bond acceptors (Lipinski definition) is 4. The van der Waals surface area contributed by atoms with Gasteiger partial charge >= 0.3 is 0 Å².